The highest BCUT2D eigenvalue weighted by Crippen LogP contribution is 2.36. The van der Waals surface area contributed by atoms with Crippen LogP contribution in [0.5, 0.6) is 17.2 Å². The fraction of sp³-hybridized carbons (Fsp3) is 0.349. The molecule has 2 aliphatic heterocycles. The molecule has 2 amide bonds. The van der Waals surface area contributed by atoms with E-state index >= 15 is 0 Å². The lowest BCUT2D eigenvalue weighted by Crippen LogP contribution is -2.41. The number of piperidine rings is 2. The molecule has 5 aromatic heterocycles. The zero-order valence-electron chi connectivity index (χ0n) is 59.2. The van der Waals surface area contributed by atoms with Crippen molar-refractivity contribution in [1.29, 1.82) is 0 Å². The molecule has 1 aliphatic carbocycles. The molecule has 14 rings (SSSR count). The van der Waals surface area contributed by atoms with Crippen LogP contribution in [-0.4, -0.2) is 101 Å². The largest absolute Gasteiger partial charge is 0.489 e. The SMILES string of the molecule is C.C.C.CC(C)(C)OC(=O)N1CCC(c2cnc(N)c(N)c2)CC1.CC(C)(C)OC(=O)N1CCC(c2cnc3nc(-c4ccc(OCc5ccccc5)cc4)[nH]c3c2)CC1.O=Cc1ccc(OCc2ccccc2)cc1.c1ccc(COc2ccc(-c3nc4ncc(C5CCCCC5)cc4[nH]3)cc2)cc1. The first-order valence-corrected chi connectivity index (χ1v) is 35.3. The Balaban J connectivity index is 0.000000183. The molecular weight excluding hydrogens is 1320 g/mol. The average Bonchev–Trinajstić information content (AvgIpc) is 1.67. The number of H-pyrrole nitrogens is 2. The van der Waals surface area contributed by atoms with Crippen molar-refractivity contribution in [3.05, 3.63) is 240 Å². The van der Waals surface area contributed by atoms with Crippen molar-refractivity contribution in [3.8, 4) is 40.0 Å². The van der Waals surface area contributed by atoms with Crippen LogP contribution < -0.4 is 25.7 Å². The standard InChI is InChI=1S/C29H32N4O3.C25H25N3O.C15H24N4O2.C14H12O2.3CH4/c1-29(2,3)36-28(34)33-15-13-21(14-16-33)23-17-25-27(30-18-23)32-26(31-25)22-9-11-24(12-10-22)35-19-20-7-5-4-6-8-20;1-3-7-18(8-4-1)17-29-22-13-11-20(12-14-22)24-27-23-15-21(16-26-25(23)28-24)19-9-5-2-6-10-19;1-15(2,3)21-14(20)19-6-4-10(5-7-19)11-8-12(16)13(17)18-9-11;15-10-12-6-8-14(9-7-12)16-11-13-4-2-1-3-5-13;;;/h4-12,17-18,21H,13-16,19H2,1-3H3,(H,30,31,32);1,3-4,7-8,11-16,19H,2,5-6,9-10,17H2,(H,26,27,28);8-10H,4-7,16H2,1-3H3,(H2,17,18);1-10H,11H2;3*1H4. The van der Waals surface area contributed by atoms with Crippen molar-refractivity contribution in [2.24, 2.45) is 0 Å². The van der Waals surface area contributed by atoms with E-state index in [1.807, 2.05) is 187 Å². The highest BCUT2D eigenvalue weighted by Gasteiger charge is 2.30. The van der Waals surface area contributed by atoms with E-state index in [0.717, 1.165) is 111 Å². The number of amides is 2. The van der Waals surface area contributed by atoms with Crippen molar-refractivity contribution in [1.82, 2.24) is 44.7 Å². The van der Waals surface area contributed by atoms with Gasteiger partial charge in [0.15, 0.2) is 11.3 Å². The maximum Gasteiger partial charge on any atom is 0.410 e. The van der Waals surface area contributed by atoms with E-state index < -0.39 is 11.2 Å². The quantitative estimate of drug-likeness (QED) is 0.0697. The van der Waals surface area contributed by atoms with Crippen molar-refractivity contribution in [2.45, 2.75) is 170 Å². The van der Waals surface area contributed by atoms with Gasteiger partial charge in [-0.3, -0.25) is 4.79 Å². The fourth-order valence-electron chi connectivity index (χ4n) is 12.4. The first-order chi connectivity index (χ1) is 49.3. The number of imidazole rings is 2. The monoisotopic (exact) mass is 1420 g/mol. The number of nitrogens with two attached hydrogens (primary N) is 2. The van der Waals surface area contributed by atoms with Crippen LogP contribution in [0.1, 0.15) is 183 Å². The Hall–Kier alpha value is -11.1. The molecule has 0 radical (unpaired) electrons. The molecule has 6 aromatic carbocycles. The highest BCUT2D eigenvalue weighted by molar-refractivity contribution is 5.78. The van der Waals surface area contributed by atoms with E-state index in [9.17, 15) is 14.4 Å². The number of aromatic nitrogens is 7. The number of carbonyl (C=O) groups is 3. The first kappa shape index (κ1) is 79.6. The molecule has 3 fully saturated rings. The molecule has 105 heavy (non-hydrogen) atoms. The third-order valence-corrected chi connectivity index (χ3v) is 18.0. The minimum atomic E-state index is -0.475. The highest BCUT2D eigenvalue weighted by atomic mass is 16.6. The molecule has 19 heteroatoms. The van der Waals surface area contributed by atoms with Crippen LogP contribution >= 0.6 is 0 Å². The summed E-state index contributed by atoms with van der Waals surface area (Å²) in [6.45, 7) is 15.7. The second-order valence-electron chi connectivity index (χ2n) is 28.1. The second kappa shape index (κ2) is 37.9. The normalized spacial score (nSPS) is 14.0. The van der Waals surface area contributed by atoms with E-state index in [-0.39, 0.29) is 34.5 Å². The maximum atomic E-state index is 12.4. The summed E-state index contributed by atoms with van der Waals surface area (Å²) < 4.78 is 28.3. The minimum absolute atomic E-state index is 0. The zero-order valence-corrected chi connectivity index (χ0v) is 59.2. The number of likely N-dealkylation sites (tertiary alicyclic amines) is 2. The molecule has 0 unspecified atom stereocenters. The summed E-state index contributed by atoms with van der Waals surface area (Å²) in [6, 6.07) is 59.6. The predicted molar refractivity (Wildman–Crippen MR) is 421 cm³/mol. The Morgan fingerprint density at radius 3 is 1.15 bits per heavy atom. The summed E-state index contributed by atoms with van der Waals surface area (Å²) in [6.07, 6.45) is 16.2. The van der Waals surface area contributed by atoms with Crippen LogP contribution in [0.15, 0.2) is 201 Å². The Kier molecular flexibility index (Phi) is 28.7. The Morgan fingerprint density at radius 2 is 0.800 bits per heavy atom. The number of aldehydes is 1. The van der Waals surface area contributed by atoms with Gasteiger partial charge < -0.3 is 54.9 Å². The lowest BCUT2D eigenvalue weighted by molar-refractivity contribution is 0.0194. The third-order valence-electron chi connectivity index (χ3n) is 18.0. The van der Waals surface area contributed by atoms with Gasteiger partial charge in [-0.2, -0.15) is 0 Å². The van der Waals surface area contributed by atoms with Gasteiger partial charge in [-0.05, 0) is 222 Å². The molecular formula is C86H105N11O8. The van der Waals surface area contributed by atoms with Gasteiger partial charge in [0.2, 0.25) is 0 Å². The fourth-order valence-corrected chi connectivity index (χ4v) is 12.4. The van der Waals surface area contributed by atoms with Gasteiger partial charge >= 0.3 is 12.2 Å². The molecule has 0 spiro atoms. The number of nitrogens with one attached hydrogen (secondary N) is 2. The number of nitrogens with zero attached hydrogens (tertiary/aromatic N) is 7. The number of anilines is 2. The van der Waals surface area contributed by atoms with Gasteiger partial charge in [0.1, 0.15) is 72.0 Å². The maximum absolute atomic E-state index is 12.4. The third kappa shape index (κ3) is 23.5. The molecule has 3 aliphatic rings. The summed E-state index contributed by atoms with van der Waals surface area (Å²) in [5, 5.41) is 0. The van der Waals surface area contributed by atoms with Crippen LogP contribution in [0.4, 0.5) is 21.1 Å². The smallest absolute Gasteiger partial charge is 0.410 e. The summed E-state index contributed by atoms with van der Waals surface area (Å²) in [5.74, 6) is 5.80. The van der Waals surface area contributed by atoms with E-state index in [2.05, 4.69) is 59.2 Å². The Morgan fingerprint density at radius 1 is 0.457 bits per heavy atom. The van der Waals surface area contributed by atoms with Crippen molar-refractivity contribution >= 4 is 52.3 Å². The molecule has 11 aromatic rings. The molecule has 552 valence electrons. The first-order valence-electron chi connectivity index (χ1n) is 35.3. The van der Waals surface area contributed by atoms with Gasteiger partial charge in [-0.25, -0.2) is 34.5 Å². The molecule has 19 nitrogen and oxygen atoms in total. The number of aromatic amines is 2. The summed E-state index contributed by atoms with van der Waals surface area (Å²) in [4.78, 5) is 68.0. The molecule has 0 bridgehead atoms. The van der Waals surface area contributed by atoms with Gasteiger partial charge in [0.25, 0.3) is 0 Å². The van der Waals surface area contributed by atoms with Crippen LogP contribution in [0.3, 0.4) is 0 Å². The van der Waals surface area contributed by atoms with Crippen LogP contribution in [0.2, 0.25) is 0 Å². The topological polar surface area (TPSA) is 252 Å². The molecule has 6 N–H and O–H groups in total. The minimum Gasteiger partial charge on any atom is -0.489 e. The molecule has 2 saturated heterocycles. The van der Waals surface area contributed by atoms with Crippen molar-refractivity contribution in [3.63, 3.8) is 0 Å². The van der Waals surface area contributed by atoms with Crippen LogP contribution in [0.25, 0.3) is 45.1 Å². The van der Waals surface area contributed by atoms with Crippen molar-refractivity contribution in [2.75, 3.05) is 37.6 Å². The number of benzene rings is 6. The lowest BCUT2D eigenvalue weighted by Gasteiger charge is -2.33. The number of hydrogen-bond acceptors (Lipinski definition) is 15. The zero-order chi connectivity index (χ0) is 71.4. The Bertz CT molecular complexity index is 4460. The number of ether oxygens (including phenoxy) is 5. The number of nitrogen functional groups attached to an aromatic ring is 2. The van der Waals surface area contributed by atoms with Gasteiger partial charge in [-0.15, -0.1) is 0 Å². The number of rotatable bonds is 15. The average molecular weight is 1420 g/mol. The van der Waals surface area contributed by atoms with Crippen molar-refractivity contribution < 1.29 is 38.1 Å². The van der Waals surface area contributed by atoms with E-state index in [1.54, 1.807) is 40.3 Å². The van der Waals surface area contributed by atoms with Gasteiger partial charge in [0.05, 0.1) is 16.7 Å². The number of pyridine rings is 3. The lowest BCUT2D eigenvalue weighted by atomic mass is 9.85. The van der Waals surface area contributed by atoms with E-state index in [4.69, 9.17) is 35.2 Å². The summed E-state index contributed by atoms with van der Waals surface area (Å²) >= 11 is 0. The molecule has 1 saturated carbocycles. The van der Waals surface area contributed by atoms with Crippen LogP contribution in [0, 0.1) is 0 Å². The summed E-state index contributed by atoms with van der Waals surface area (Å²) in [7, 11) is 0. The number of carbonyl (C=O) groups excluding carboxylic acids is 3. The molecule has 7 heterocycles. The second-order valence-corrected chi connectivity index (χ2v) is 28.1. The number of hydrogen-bond donors (Lipinski definition) is 4. The summed E-state index contributed by atoms with van der Waals surface area (Å²) in [5.41, 5.74) is 24.1. The Labute approximate surface area is 619 Å². The number of fused-ring (bicyclic) bond motifs is 2. The predicted octanol–water partition coefficient (Wildman–Crippen LogP) is 19.9. The molecule has 0 atom stereocenters. The van der Waals surface area contributed by atoms with Crippen LogP contribution in [-0.2, 0) is 29.3 Å². The van der Waals surface area contributed by atoms with E-state index in [1.165, 1.54) is 43.2 Å². The van der Waals surface area contributed by atoms with E-state index in [0.29, 0.717) is 86.5 Å². The van der Waals surface area contributed by atoms with Gasteiger partial charge in [-0.1, -0.05) is 133 Å². The van der Waals surface area contributed by atoms with Gasteiger partial charge in [0, 0.05) is 61.5 Å².